The first-order valence-electron chi connectivity index (χ1n) is 7.94. The minimum Gasteiger partial charge on any atom is -0.507 e. The Kier molecular flexibility index (Phi) is 6.36. The summed E-state index contributed by atoms with van der Waals surface area (Å²) in [5.41, 5.74) is 5.89. The van der Waals surface area contributed by atoms with Gasteiger partial charge in [-0.1, -0.05) is 17.7 Å². The molecule has 0 bridgehead atoms. The van der Waals surface area contributed by atoms with Crippen molar-refractivity contribution in [3.05, 3.63) is 57.6 Å². The van der Waals surface area contributed by atoms with E-state index in [1.807, 2.05) is 6.92 Å². The molecule has 0 aliphatic heterocycles. The van der Waals surface area contributed by atoms with Gasteiger partial charge in [-0.15, -0.1) is 0 Å². The monoisotopic (exact) mass is 373 g/mol. The van der Waals surface area contributed by atoms with E-state index < -0.39 is 11.8 Å². The maximum atomic E-state index is 11.9. The van der Waals surface area contributed by atoms with Gasteiger partial charge in [-0.25, -0.2) is 5.43 Å². The molecule has 0 radical (unpaired) electrons. The van der Waals surface area contributed by atoms with Crippen LogP contribution < -0.4 is 10.7 Å². The highest BCUT2D eigenvalue weighted by molar-refractivity contribution is 6.31. The third-order valence-electron chi connectivity index (χ3n) is 3.69. The average molecular weight is 374 g/mol. The van der Waals surface area contributed by atoms with Gasteiger partial charge in [0.2, 0.25) is 11.8 Å². The summed E-state index contributed by atoms with van der Waals surface area (Å²) < 4.78 is 0. The Morgan fingerprint density at radius 3 is 2.35 bits per heavy atom. The number of nitrogens with one attached hydrogen (secondary N) is 2. The van der Waals surface area contributed by atoms with Crippen LogP contribution in [-0.4, -0.2) is 23.1 Å². The molecule has 0 aliphatic carbocycles. The number of hydrogen-bond acceptors (Lipinski definition) is 4. The zero-order valence-electron chi connectivity index (χ0n) is 14.8. The topological polar surface area (TPSA) is 90.8 Å². The Morgan fingerprint density at radius 2 is 1.73 bits per heavy atom. The number of hydrazone groups is 1. The van der Waals surface area contributed by atoms with Crippen molar-refractivity contribution in [3.63, 3.8) is 0 Å². The van der Waals surface area contributed by atoms with E-state index in [0.717, 1.165) is 11.1 Å². The molecular weight excluding hydrogens is 354 g/mol. The molecule has 2 aromatic rings. The van der Waals surface area contributed by atoms with Crippen LogP contribution in [0, 0.1) is 20.8 Å². The molecule has 0 heterocycles. The summed E-state index contributed by atoms with van der Waals surface area (Å²) in [6.07, 6.45) is 1.09. The molecule has 2 aromatic carbocycles. The molecule has 136 valence electrons. The lowest BCUT2D eigenvalue weighted by atomic mass is 10.1. The van der Waals surface area contributed by atoms with Crippen molar-refractivity contribution in [3.8, 4) is 5.75 Å². The number of aryl methyl sites for hydroxylation is 3. The van der Waals surface area contributed by atoms with E-state index in [4.69, 9.17) is 11.6 Å². The summed E-state index contributed by atoms with van der Waals surface area (Å²) in [5.74, 6) is -0.766. The highest BCUT2D eigenvalue weighted by Gasteiger charge is 2.10. The third kappa shape index (κ3) is 5.32. The number of carbonyl (C=O) groups excluding carboxylic acids is 2. The van der Waals surface area contributed by atoms with Gasteiger partial charge in [-0.2, -0.15) is 5.10 Å². The number of amides is 2. The van der Waals surface area contributed by atoms with Crippen LogP contribution in [0.5, 0.6) is 5.75 Å². The number of carbonyl (C=O) groups is 2. The number of hydrogen-bond donors (Lipinski definition) is 3. The van der Waals surface area contributed by atoms with Crippen LogP contribution in [0.4, 0.5) is 5.69 Å². The second-order valence-electron chi connectivity index (χ2n) is 5.99. The number of benzene rings is 2. The van der Waals surface area contributed by atoms with Gasteiger partial charge in [0.05, 0.1) is 6.21 Å². The molecule has 26 heavy (non-hydrogen) atoms. The van der Waals surface area contributed by atoms with E-state index >= 15 is 0 Å². The van der Waals surface area contributed by atoms with E-state index in [0.29, 0.717) is 21.8 Å². The maximum Gasteiger partial charge on any atom is 0.249 e. The molecule has 0 saturated heterocycles. The van der Waals surface area contributed by atoms with Crippen LogP contribution in [0.3, 0.4) is 0 Å². The summed E-state index contributed by atoms with van der Waals surface area (Å²) in [7, 11) is 0. The highest BCUT2D eigenvalue weighted by atomic mass is 35.5. The van der Waals surface area contributed by atoms with Gasteiger partial charge >= 0.3 is 0 Å². The normalized spacial score (nSPS) is 10.8. The smallest absolute Gasteiger partial charge is 0.249 e. The van der Waals surface area contributed by atoms with Crippen LogP contribution in [-0.2, 0) is 9.59 Å². The first-order valence-corrected chi connectivity index (χ1v) is 8.32. The van der Waals surface area contributed by atoms with E-state index in [1.165, 1.54) is 6.21 Å². The van der Waals surface area contributed by atoms with Crippen molar-refractivity contribution in [1.29, 1.82) is 0 Å². The van der Waals surface area contributed by atoms with Crippen molar-refractivity contribution < 1.29 is 14.7 Å². The zero-order chi connectivity index (χ0) is 19.3. The molecule has 0 saturated carbocycles. The van der Waals surface area contributed by atoms with Crippen LogP contribution in [0.1, 0.15) is 28.7 Å². The number of aromatic hydroxyl groups is 1. The quantitative estimate of drug-likeness (QED) is 0.426. The molecular formula is C19H20ClN3O3. The van der Waals surface area contributed by atoms with Crippen molar-refractivity contribution in [2.45, 2.75) is 27.2 Å². The Labute approximate surface area is 156 Å². The lowest BCUT2D eigenvalue weighted by Gasteiger charge is -2.06. The fourth-order valence-corrected chi connectivity index (χ4v) is 2.48. The van der Waals surface area contributed by atoms with Gasteiger partial charge in [0.25, 0.3) is 0 Å². The molecule has 0 unspecified atom stereocenters. The van der Waals surface area contributed by atoms with Gasteiger partial charge < -0.3 is 10.4 Å². The number of nitrogens with zero attached hydrogens (tertiary/aromatic N) is 1. The van der Waals surface area contributed by atoms with E-state index in [2.05, 4.69) is 15.8 Å². The Morgan fingerprint density at radius 1 is 1.08 bits per heavy atom. The molecule has 0 aromatic heterocycles. The molecule has 7 heteroatoms. The minimum absolute atomic E-state index is 0.235. The fraction of sp³-hybridized carbons (Fsp3) is 0.211. The lowest BCUT2D eigenvalue weighted by molar-refractivity contribution is -0.126. The lowest BCUT2D eigenvalue weighted by Crippen LogP contribution is -2.24. The van der Waals surface area contributed by atoms with Gasteiger partial charge in [0.15, 0.2) is 0 Å². The first kappa shape index (κ1) is 19.5. The molecule has 6 nitrogen and oxygen atoms in total. The average Bonchev–Trinajstić information content (AvgIpc) is 2.55. The van der Waals surface area contributed by atoms with Gasteiger partial charge in [-0.3, -0.25) is 9.59 Å². The largest absolute Gasteiger partial charge is 0.507 e. The number of anilines is 1. The van der Waals surface area contributed by atoms with E-state index in [1.54, 1.807) is 44.2 Å². The van der Waals surface area contributed by atoms with Crippen LogP contribution in [0.2, 0.25) is 5.02 Å². The molecule has 2 rings (SSSR count). The second-order valence-corrected chi connectivity index (χ2v) is 6.39. The van der Waals surface area contributed by atoms with E-state index in [-0.39, 0.29) is 12.2 Å². The predicted molar refractivity (Wildman–Crippen MR) is 103 cm³/mol. The maximum absolute atomic E-state index is 11.9. The third-order valence-corrected chi connectivity index (χ3v) is 4.10. The number of halogens is 1. The predicted octanol–water partition coefficient (Wildman–Crippen LogP) is 3.45. The van der Waals surface area contributed by atoms with Crippen molar-refractivity contribution >= 4 is 35.3 Å². The van der Waals surface area contributed by atoms with Gasteiger partial charge in [0, 0.05) is 10.7 Å². The summed E-state index contributed by atoms with van der Waals surface area (Å²) >= 11 is 6.00. The molecule has 0 atom stereocenters. The van der Waals surface area contributed by atoms with Crippen molar-refractivity contribution in [1.82, 2.24) is 5.43 Å². The first-order chi connectivity index (χ1) is 12.3. The number of rotatable bonds is 5. The van der Waals surface area contributed by atoms with Crippen molar-refractivity contribution in [2.75, 3.05) is 5.32 Å². The summed E-state index contributed by atoms with van der Waals surface area (Å²) in [5, 5.41) is 16.7. The van der Waals surface area contributed by atoms with Gasteiger partial charge in [-0.05, 0) is 67.3 Å². The standard InChI is InChI=1S/C19H20ClN3O3/c1-11-4-5-15(8-16(11)20)22-17(24)9-18(25)23-21-10-14-6-12(2)19(26)13(3)7-14/h4-8,10,26H,9H2,1-3H3,(H,22,24)(H,23,25)/b21-10+. The highest BCUT2D eigenvalue weighted by Crippen LogP contribution is 2.22. The summed E-state index contributed by atoms with van der Waals surface area (Å²) in [6.45, 7) is 5.41. The Bertz CT molecular complexity index is 855. The molecule has 0 spiro atoms. The molecule has 3 N–H and O–H groups in total. The van der Waals surface area contributed by atoms with Crippen LogP contribution in [0.15, 0.2) is 35.4 Å². The Hall–Kier alpha value is -2.86. The van der Waals surface area contributed by atoms with Crippen molar-refractivity contribution in [2.24, 2.45) is 5.10 Å². The van der Waals surface area contributed by atoms with Crippen LogP contribution >= 0.6 is 11.6 Å². The number of phenols is 1. The summed E-state index contributed by atoms with van der Waals surface area (Å²) in [6, 6.07) is 8.60. The molecule has 2 amide bonds. The fourth-order valence-electron chi connectivity index (χ4n) is 2.30. The molecule has 0 aliphatic rings. The SMILES string of the molecule is Cc1ccc(NC(=O)CC(=O)N/N=C/c2cc(C)c(O)c(C)c2)cc1Cl. The molecule has 0 fully saturated rings. The second kappa shape index (κ2) is 8.49. The van der Waals surface area contributed by atoms with E-state index in [9.17, 15) is 14.7 Å². The van der Waals surface area contributed by atoms with Crippen LogP contribution in [0.25, 0.3) is 0 Å². The minimum atomic E-state index is -0.538. The number of phenolic OH excluding ortho intramolecular Hbond substituents is 1. The zero-order valence-corrected chi connectivity index (χ0v) is 15.5. The van der Waals surface area contributed by atoms with Gasteiger partial charge in [0.1, 0.15) is 12.2 Å². The summed E-state index contributed by atoms with van der Waals surface area (Å²) in [4.78, 5) is 23.7. The Balaban J connectivity index is 1.88.